The standard InChI is InChI=1S/C24H34N6O4S/c1-5-8-21-25-16(3)22-24(32)26-23(27-30(21)22)19-13-18(9-10-20(19)34-6-2)35(33)29-14-17(15-29)28(4)11-7-12-31/h9-10,13,17,31H,5-8,11-12,14-15H2,1-4H3,(H,26,27,32). The summed E-state index contributed by atoms with van der Waals surface area (Å²) < 4.78 is 22.7. The number of hydrogen-bond donors (Lipinski definition) is 2. The van der Waals surface area contributed by atoms with Crippen molar-refractivity contribution in [3.05, 3.63) is 40.1 Å². The summed E-state index contributed by atoms with van der Waals surface area (Å²) >= 11 is 0. The second-order valence-corrected chi connectivity index (χ2v) is 10.3. The van der Waals surface area contributed by atoms with Crippen molar-refractivity contribution in [2.24, 2.45) is 0 Å². The van der Waals surface area contributed by atoms with Gasteiger partial charge in [-0.1, -0.05) is 6.92 Å². The van der Waals surface area contributed by atoms with Gasteiger partial charge in [0.2, 0.25) is 0 Å². The molecule has 0 bridgehead atoms. The van der Waals surface area contributed by atoms with E-state index < -0.39 is 11.0 Å². The van der Waals surface area contributed by atoms with Crippen LogP contribution in [-0.4, -0.2) is 84.0 Å². The molecule has 11 heteroatoms. The summed E-state index contributed by atoms with van der Waals surface area (Å²) in [4.78, 5) is 23.2. The van der Waals surface area contributed by atoms with Crippen LogP contribution in [0.5, 0.6) is 5.75 Å². The minimum atomic E-state index is -1.35. The smallest absolute Gasteiger partial charge is 0.277 e. The summed E-state index contributed by atoms with van der Waals surface area (Å²) in [5.41, 5.74) is 1.40. The van der Waals surface area contributed by atoms with Crippen molar-refractivity contribution in [1.29, 1.82) is 0 Å². The van der Waals surface area contributed by atoms with Gasteiger partial charge in [0.25, 0.3) is 5.56 Å². The number of H-pyrrole nitrogens is 1. The summed E-state index contributed by atoms with van der Waals surface area (Å²) in [6.45, 7) is 8.55. The van der Waals surface area contributed by atoms with Crippen molar-refractivity contribution < 1.29 is 14.1 Å². The highest BCUT2D eigenvalue weighted by Gasteiger charge is 2.34. The summed E-state index contributed by atoms with van der Waals surface area (Å²) in [7, 11) is 0.673. The molecule has 1 saturated heterocycles. The number of ether oxygens (including phenoxy) is 1. The van der Waals surface area contributed by atoms with Gasteiger partial charge in [-0.15, -0.1) is 5.10 Å². The molecule has 1 unspecified atom stereocenters. The monoisotopic (exact) mass is 502 g/mol. The van der Waals surface area contributed by atoms with E-state index in [2.05, 4.69) is 21.8 Å². The molecule has 0 aliphatic carbocycles. The molecule has 1 atom stereocenters. The Bertz CT molecular complexity index is 1270. The molecule has 1 aromatic carbocycles. The third kappa shape index (κ3) is 5.18. The topological polar surface area (TPSA) is 116 Å². The first-order chi connectivity index (χ1) is 16.9. The molecule has 35 heavy (non-hydrogen) atoms. The molecule has 0 spiro atoms. The molecular weight excluding hydrogens is 468 g/mol. The van der Waals surface area contributed by atoms with Crippen LogP contribution in [0.4, 0.5) is 0 Å². The number of benzene rings is 1. The van der Waals surface area contributed by atoms with Crippen LogP contribution >= 0.6 is 0 Å². The molecule has 0 saturated carbocycles. The van der Waals surface area contributed by atoms with Gasteiger partial charge in [0, 0.05) is 38.7 Å². The van der Waals surface area contributed by atoms with E-state index in [4.69, 9.17) is 14.9 Å². The maximum absolute atomic E-state index is 13.3. The first kappa shape index (κ1) is 25.5. The molecule has 3 aromatic rings. The van der Waals surface area contributed by atoms with Gasteiger partial charge in [-0.25, -0.2) is 18.0 Å². The zero-order chi connectivity index (χ0) is 25.1. The maximum atomic E-state index is 13.3. The van der Waals surface area contributed by atoms with Gasteiger partial charge in [0.1, 0.15) is 22.6 Å². The average molecular weight is 503 g/mol. The summed E-state index contributed by atoms with van der Waals surface area (Å²) in [5.74, 6) is 1.65. The lowest BCUT2D eigenvalue weighted by atomic mass is 10.1. The third-order valence-electron chi connectivity index (χ3n) is 6.28. The highest BCUT2D eigenvalue weighted by Crippen LogP contribution is 2.31. The van der Waals surface area contributed by atoms with Crippen molar-refractivity contribution in [1.82, 2.24) is 28.8 Å². The van der Waals surface area contributed by atoms with Crippen LogP contribution in [0.1, 0.15) is 38.2 Å². The number of nitrogens with zero attached hydrogens (tertiary/aromatic N) is 5. The van der Waals surface area contributed by atoms with E-state index >= 15 is 0 Å². The normalized spacial score (nSPS) is 15.6. The van der Waals surface area contributed by atoms with E-state index in [0.29, 0.717) is 65.4 Å². The Labute approximate surface area is 207 Å². The molecule has 10 nitrogen and oxygen atoms in total. The van der Waals surface area contributed by atoms with Crippen LogP contribution in [-0.2, 0) is 17.4 Å². The highest BCUT2D eigenvalue weighted by atomic mass is 32.2. The maximum Gasteiger partial charge on any atom is 0.277 e. The van der Waals surface area contributed by atoms with Crippen molar-refractivity contribution in [2.45, 2.75) is 51.0 Å². The zero-order valence-electron chi connectivity index (χ0n) is 20.8. The number of aromatic amines is 1. The summed E-state index contributed by atoms with van der Waals surface area (Å²) in [6, 6.07) is 5.69. The van der Waals surface area contributed by atoms with E-state index in [1.807, 2.05) is 25.2 Å². The second kappa shape index (κ2) is 11.0. The number of aliphatic hydroxyl groups excluding tert-OH is 1. The van der Waals surface area contributed by atoms with Crippen molar-refractivity contribution >= 4 is 16.5 Å². The fourth-order valence-corrected chi connectivity index (χ4v) is 5.63. The molecule has 1 fully saturated rings. The zero-order valence-corrected chi connectivity index (χ0v) is 21.6. The van der Waals surface area contributed by atoms with Gasteiger partial charge >= 0.3 is 0 Å². The lowest BCUT2D eigenvalue weighted by molar-refractivity contribution is 0.108. The number of hydrogen-bond acceptors (Lipinski definition) is 7. The number of imidazole rings is 1. The molecule has 0 radical (unpaired) electrons. The minimum absolute atomic E-state index is 0.169. The van der Waals surface area contributed by atoms with Crippen LogP contribution in [0.25, 0.3) is 16.9 Å². The number of aromatic nitrogens is 4. The number of aliphatic hydroxyl groups is 1. The van der Waals surface area contributed by atoms with Gasteiger partial charge in [-0.3, -0.25) is 4.79 Å². The highest BCUT2D eigenvalue weighted by molar-refractivity contribution is 7.82. The number of aryl methyl sites for hydroxylation is 2. The van der Waals surface area contributed by atoms with Gasteiger partial charge in [0.15, 0.2) is 11.3 Å². The number of likely N-dealkylation sites (N-methyl/N-ethyl adjacent to an activating group) is 1. The van der Waals surface area contributed by atoms with Crippen molar-refractivity contribution in [2.75, 3.05) is 39.9 Å². The van der Waals surface area contributed by atoms with E-state index in [1.54, 1.807) is 22.7 Å². The lowest BCUT2D eigenvalue weighted by Crippen LogP contribution is -2.58. The SMILES string of the molecule is CCCc1nc(C)c2c(=O)[nH]c(-c3cc(S(=O)N4CC(N(C)CCCO)C4)ccc3OCC)nn12. The van der Waals surface area contributed by atoms with E-state index in [0.717, 1.165) is 25.2 Å². The minimum Gasteiger partial charge on any atom is -0.493 e. The average Bonchev–Trinajstić information content (AvgIpc) is 3.12. The molecule has 4 rings (SSSR count). The van der Waals surface area contributed by atoms with Crippen LogP contribution in [0.15, 0.2) is 27.9 Å². The molecule has 1 aliphatic rings. The van der Waals surface area contributed by atoms with Gasteiger partial charge in [-0.2, -0.15) is 0 Å². The molecule has 1 aliphatic heterocycles. The van der Waals surface area contributed by atoms with Crippen LogP contribution in [0.2, 0.25) is 0 Å². The quantitative estimate of drug-likeness (QED) is 0.410. The van der Waals surface area contributed by atoms with E-state index in [1.165, 1.54) is 0 Å². The molecule has 2 N–H and O–H groups in total. The van der Waals surface area contributed by atoms with Crippen LogP contribution in [0, 0.1) is 6.92 Å². The molecule has 0 amide bonds. The van der Waals surface area contributed by atoms with Crippen molar-refractivity contribution in [3.8, 4) is 17.1 Å². The number of nitrogens with one attached hydrogen (secondary N) is 1. The van der Waals surface area contributed by atoms with Crippen LogP contribution in [0.3, 0.4) is 0 Å². The first-order valence-electron chi connectivity index (χ1n) is 12.1. The van der Waals surface area contributed by atoms with Crippen molar-refractivity contribution in [3.63, 3.8) is 0 Å². The Balaban J connectivity index is 1.66. The third-order valence-corrected chi connectivity index (χ3v) is 7.70. The largest absolute Gasteiger partial charge is 0.493 e. The number of fused-ring (bicyclic) bond motifs is 1. The second-order valence-electron chi connectivity index (χ2n) is 8.83. The molecule has 2 aromatic heterocycles. The van der Waals surface area contributed by atoms with Gasteiger partial charge < -0.3 is 19.7 Å². The van der Waals surface area contributed by atoms with Gasteiger partial charge in [0.05, 0.1) is 22.8 Å². The lowest BCUT2D eigenvalue weighted by Gasteiger charge is -2.42. The van der Waals surface area contributed by atoms with E-state index in [-0.39, 0.29) is 12.2 Å². The Morgan fingerprint density at radius 3 is 2.77 bits per heavy atom. The first-order valence-corrected chi connectivity index (χ1v) is 13.2. The Morgan fingerprint density at radius 1 is 1.31 bits per heavy atom. The summed E-state index contributed by atoms with van der Waals surface area (Å²) in [5, 5.41) is 13.8. The fraction of sp³-hybridized carbons (Fsp3) is 0.542. The molecule has 190 valence electrons. The Hall–Kier alpha value is -2.60. The Kier molecular flexibility index (Phi) is 8.00. The molecular formula is C24H34N6O4S. The predicted octanol–water partition coefficient (Wildman–Crippen LogP) is 1.77. The van der Waals surface area contributed by atoms with E-state index in [9.17, 15) is 9.00 Å². The van der Waals surface area contributed by atoms with Gasteiger partial charge in [-0.05, 0) is 51.9 Å². The molecule has 3 heterocycles. The predicted molar refractivity (Wildman–Crippen MR) is 135 cm³/mol. The summed E-state index contributed by atoms with van der Waals surface area (Å²) in [6.07, 6.45) is 2.31. The number of rotatable bonds is 11. The van der Waals surface area contributed by atoms with Crippen LogP contribution < -0.4 is 10.3 Å². The fourth-order valence-electron chi connectivity index (χ4n) is 4.31. The Morgan fingerprint density at radius 2 is 2.09 bits per heavy atom.